The standard InChI is InChI=1S/C16H14BrF6N5O3/c1-2-28(9-3-4-10(17)24-6-9)14(29)27-13-25-11(30-7-15(18,19)20)5-12(26-13)31-8-16(21,22)23/h3-6H,2,7-8H2,1H3,(H,25,26,27,29). The molecule has 0 aromatic carbocycles. The van der Waals surface area contributed by atoms with Gasteiger partial charge in [0.05, 0.1) is 18.0 Å². The van der Waals surface area contributed by atoms with E-state index in [9.17, 15) is 31.1 Å². The number of urea groups is 1. The Morgan fingerprint density at radius 2 is 1.61 bits per heavy atom. The molecule has 0 saturated carbocycles. The zero-order valence-corrected chi connectivity index (χ0v) is 17.2. The first-order valence-electron chi connectivity index (χ1n) is 8.34. The van der Waals surface area contributed by atoms with Gasteiger partial charge in [-0.05, 0) is 35.0 Å². The average Bonchev–Trinajstić information content (AvgIpc) is 2.66. The van der Waals surface area contributed by atoms with Gasteiger partial charge in [0.2, 0.25) is 17.7 Å². The summed E-state index contributed by atoms with van der Waals surface area (Å²) < 4.78 is 83.7. The molecule has 2 aromatic heterocycles. The predicted octanol–water partition coefficient (Wildman–Crippen LogP) is 4.57. The minimum absolute atomic E-state index is 0.150. The molecular formula is C16H14BrF6N5O3. The van der Waals surface area contributed by atoms with Gasteiger partial charge in [-0.1, -0.05) is 0 Å². The maximum absolute atomic E-state index is 12.5. The van der Waals surface area contributed by atoms with Crippen LogP contribution in [0.15, 0.2) is 29.0 Å². The number of hydrogen-bond donors (Lipinski definition) is 1. The Balaban J connectivity index is 2.24. The third kappa shape index (κ3) is 8.43. The number of amides is 2. The van der Waals surface area contributed by atoms with Crippen molar-refractivity contribution in [3.8, 4) is 11.8 Å². The van der Waals surface area contributed by atoms with Crippen molar-refractivity contribution < 1.29 is 40.6 Å². The third-order valence-corrected chi connectivity index (χ3v) is 3.72. The van der Waals surface area contributed by atoms with Crippen molar-refractivity contribution in [2.75, 3.05) is 30.0 Å². The van der Waals surface area contributed by atoms with E-state index in [4.69, 9.17) is 0 Å². The summed E-state index contributed by atoms with van der Waals surface area (Å²) in [5.74, 6) is -2.10. The predicted molar refractivity (Wildman–Crippen MR) is 99.1 cm³/mol. The van der Waals surface area contributed by atoms with Crippen molar-refractivity contribution in [2.45, 2.75) is 19.3 Å². The van der Waals surface area contributed by atoms with Crippen molar-refractivity contribution in [1.82, 2.24) is 15.0 Å². The van der Waals surface area contributed by atoms with Crippen LogP contribution in [-0.4, -0.2) is 53.1 Å². The zero-order valence-electron chi connectivity index (χ0n) is 15.6. The third-order valence-electron chi connectivity index (χ3n) is 3.25. The number of carbonyl (C=O) groups excluding carboxylic acids is 1. The molecule has 0 radical (unpaired) electrons. The molecule has 0 fully saturated rings. The Hall–Kier alpha value is -2.84. The Morgan fingerprint density at radius 1 is 1.06 bits per heavy atom. The lowest BCUT2D eigenvalue weighted by molar-refractivity contribution is -0.154. The molecule has 2 amide bonds. The molecule has 2 heterocycles. The quantitative estimate of drug-likeness (QED) is 0.427. The van der Waals surface area contributed by atoms with Gasteiger partial charge in [-0.3, -0.25) is 10.2 Å². The number of alkyl halides is 6. The SMILES string of the molecule is CCN(C(=O)Nc1nc(OCC(F)(F)F)cc(OCC(F)(F)F)n1)c1ccc(Br)nc1. The summed E-state index contributed by atoms with van der Waals surface area (Å²) in [4.78, 5) is 24.8. The molecule has 2 rings (SSSR count). The first-order chi connectivity index (χ1) is 14.4. The lowest BCUT2D eigenvalue weighted by atomic mass is 10.4. The van der Waals surface area contributed by atoms with Gasteiger partial charge < -0.3 is 9.47 Å². The maximum atomic E-state index is 12.5. The number of halogens is 7. The summed E-state index contributed by atoms with van der Waals surface area (Å²) in [7, 11) is 0. The van der Waals surface area contributed by atoms with Crippen molar-refractivity contribution >= 4 is 33.6 Å². The average molecular weight is 518 g/mol. The van der Waals surface area contributed by atoms with Gasteiger partial charge in [-0.2, -0.15) is 36.3 Å². The number of aromatic nitrogens is 3. The molecule has 0 aliphatic rings. The molecule has 0 saturated heterocycles. The second-order valence-electron chi connectivity index (χ2n) is 5.69. The number of ether oxygens (including phenoxy) is 2. The lowest BCUT2D eigenvalue weighted by Gasteiger charge is -2.21. The van der Waals surface area contributed by atoms with E-state index >= 15 is 0 Å². The number of nitrogens with zero attached hydrogens (tertiary/aromatic N) is 4. The van der Waals surface area contributed by atoms with Gasteiger partial charge in [0.15, 0.2) is 13.2 Å². The first-order valence-corrected chi connectivity index (χ1v) is 9.14. The van der Waals surface area contributed by atoms with E-state index in [0.29, 0.717) is 16.4 Å². The summed E-state index contributed by atoms with van der Waals surface area (Å²) >= 11 is 3.14. The number of nitrogens with one attached hydrogen (secondary N) is 1. The van der Waals surface area contributed by atoms with Crippen LogP contribution in [0.1, 0.15) is 6.92 Å². The van der Waals surface area contributed by atoms with Crippen molar-refractivity contribution in [3.63, 3.8) is 0 Å². The number of carbonyl (C=O) groups is 1. The largest absolute Gasteiger partial charge is 0.468 e. The molecule has 0 spiro atoms. The summed E-state index contributed by atoms with van der Waals surface area (Å²) in [5.41, 5.74) is 0.362. The van der Waals surface area contributed by atoms with Crippen LogP contribution in [0.3, 0.4) is 0 Å². The van der Waals surface area contributed by atoms with Crippen LogP contribution in [0.25, 0.3) is 0 Å². The van der Waals surface area contributed by atoms with Crippen LogP contribution < -0.4 is 19.7 Å². The topological polar surface area (TPSA) is 89.5 Å². The smallest absolute Gasteiger partial charge is 0.422 e. The molecule has 0 aliphatic carbocycles. The number of anilines is 2. The van der Waals surface area contributed by atoms with Gasteiger partial charge in [0.1, 0.15) is 4.60 Å². The highest BCUT2D eigenvalue weighted by molar-refractivity contribution is 9.10. The van der Waals surface area contributed by atoms with E-state index in [1.165, 1.54) is 11.1 Å². The van der Waals surface area contributed by atoms with Crippen LogP contribution in [-0.2, 0) is 0 Å². The second kappa shape index (κ2) is 9.98. The molecule has 31 heavy (non-hydrogen) atoms. The Morgan fingerprint density at radius 3 is 2.03 bits per heavy atom. The van der Waals surface area contributed by atoms with Crippen LogP contribution in [0.2, 0.25) is 0 Å². The molecule has 15 heteroatoms. The summed E-state index contributed by atoms with van der Waals surface area (Å²) in [6, 6.07) is 2.95. The molecule has 0 unspecified atom stereocenters. The van der Waals surface area contributed by atoms with Crippen LogP contribution in [0, 0.1) is 0 Å². The molecule has 1 N–H and O–H groups in total. The normalized spacial score (nSPS) is 11.7. The van der Waals surface area contributed by atoms with Crippen LogP contribution >= 0.6 is 15.9 Å². The highest BCUT2D eigenvalue weighted by Gasteiger charge is 2.30. The fraction of sp³-hybridized carbons (Fsp3) is 0.375. The van der Waals surface area contributed by atoms with Crippen molar-refractivity contribution in [3.05, 3.63) is 29.0 Å². The Kier molecular flexibility index (Phi) is 7.86. The fourth-order valence-corrected chi connectivity index (χ4v) is 2.29. The summed E-state index contributed by atoms with van der Waals surface area (Å²) in [5, 5.41) is 2.18. The molecule has 0 aliphatic heterocycles. The zero-order chi connectivity index (χ0) is 23.2. The summed E-state index contributed by atoms with van der Waals surface area (Å²) in [6.45, 7) is -1.75. The fourth-order valence-electron chi connectivity index (χ4n) is 2.05. The maximum Gasteiger partial charge on any atom is 0.422 e. The summed E-state index contributed by atoms with van der Waals surface area (Å²) in [6.07, 6.45) is -8.08. The molecular weight excluding hydrogens is 504 g/mol. The van der Waals surface area contributed by atoms with Crippen molar-refractivity contribution in [1.29, 1.82) is 0 Å². The van der Waals surface area contributed by atoms with Gasteiger partial charge in [-0.25, -0.2) is 9.78 Å². The molecule has 8 nitrogen and oxygen atoms in total. The van der Waals surface area contributed by atoms with Gasteiger partial charge in [0, 0.05) is 6.54 Å². The number of pyridine rings is 1. The molecule has 2 aromatic rings. The monoisotopic (exact) mass is 517 g/mol. The van der Waals surface area contributed by atoms with Crippen molar-refractivity contribution in [2.24, 2.45) is 0 Å². The number of hydrogen-bond acceptors (Lipinski definition) is 6. The van der Waals surface area contributed by atoms with E-state index in [-0.39, 0.29) is 6.54 Å². The van der Waals surface area contributed by atoms with E-state index < -0.39 is 49.3 Å². The van der Waals surface area contributed by atoms with Gasteiger partial charge in [0.25, 0.3) is 0 Å². The lowest BCUT2D eigenvalue weighted by Crippen LogP contribution is -2.35. The minimum Gasteiger partial charge on any atom is -0.468 e. The van der Waals surface area contributed by atoms with E-state index in [1.807, 2.05) is 0 Å². The molecule has 0 atom stereocenters. The minimum atomic E-state index is -4.73. The molecule has 170 valence electrons. The van der Waals surface area contributed by atoms with Gasteiger partial charge in [-0.15, -0.1) is 0 Å². The highest BCUT2D eigenvalue weighted by Crippen LogP contribution is 2.24. The van der Waals surface area contributed by atoms with E-state index in [0.717, 1.165) is 0 Å². The highest BCUT2D eigenvalue weighted by atomic mass is 79.9. The van der Waals surface area contributed by atoms with Crippen LogP contribution in [0.5, 0.6) is 11.8 Å². The van der Waals surface area contributed by atoms with Crippen LogP contribution in [0.4, 0.5) is 42.8 Å². The second-order valence-corrected chi connectivity index (χ2v) is 6.50. The first kappa shape index (κ1) is 24.4. The van der Waals surface area contributed by atoms with Gasteiger partial charge >= 0.3 is 18.4 Å². The molecule has 0 bridgehead atoms. The Bertz CT molecular complexity index is 859. The Labute approximate surface area is 179 Å². The number of rotatable bonds is 7. The van der Waals surface area contributed by atoms with E-state index in [2.05, 4.69) is 45.7 Å². The van der Waals surface area contributed by atoms with E-state index in [1.54, 1.807) is 19.1 Å².